The van der Waals surface area contributed by atoms with Crippen molar-refractivity contribution in [2.75, 3.05) is 6.61 Å². The van der Waals surface area contributed by atoms with Crippen LogP contribution in [0.25, 0.3) is 0 Å². The van der Waals surface area contributed by atoms with Crippen LogP contribution in [0.1, 0.15) is 15.9 Å². The molecule has 1 aromatic rings. The zero-order valence-electron chi connectivity index (χ0n) is 7.71. The molecule has 1 rings (SSSR count). The second kappa shape index (κ2) is 4.52. The summed E-state index contributed by atoms with van der Waals surface area (Å²) in [5.74, 6) is -1.16. The van der Waals surface area contributed by atoms with Crippen molar-refractivity contribution in [1.29, 1.82) is 0 Å². The van der Waals surface area contributed by atoms with E-state index in [1.165, 1.54) is 12.1 Å². The number of carboxylic acid groups (broad SMARTS) is 1. The molecule has 0 aliphatic rings. The Morgan fingerprint density at radius 2 is 2.13 bits per heavy atom. The monoisotopic (exact) mass is 211 g/mol. The lowest BCUT2D eigenvalue weighted by molar-refractivity contribution is -0.384. The van der Waals surface area contributed by atoms with Gasteiger partial charge in [-0.3, -0.25) is 10.1 Å². The predicted octanol–water partition coefficient (Wildman–Crippen LogP) is 0.828. The number of aliphatic hydroxyl groups is 1. The summed E-state index contributed by atoms with van der Waals surface area (Å²) < 4.78 is 0. The molecular weight excluding hydrogens is 202 g/mol. The minimum absolute atomic E-state index is 0.0188. The van der Waals surface area contributed by atoms with Gasteiger partial charge in [0.05, 0.1) is 10.5 Å². The molecule has 0 aliphatic carbocycles. The third-order valence-electron chi connectivity index (χ3n) is 1.91. The molecule has 0 amide bonds. The Bertz CT molecular complexity index is 401. The van der Waals surface area contributed by atoms with Gasteiger partial charge < -0.3 is 10.2 Å². The smallest absolute Gasteiger partial charge is 0.335 e. The van der Waals surface area contributed by atoms with Crippen molar-refractivity contribution >= 4 is 11.7 Å². The van der Waals surface area contributed by atoms with Crippen LogP contribution in [-0.4, -0.2) is 27.7 Å². The maximum atomic E-state index is 10.7. The minimum Gasteiger partial charge on any atom is -0.478 e. The van der Waals surface area contributed by atoms with E-state index in [1.54, 1.807) is 0 Å². The van der Waals surface area contributed by atoms with E-state index in [-0.39, 0.29) is 29.8 Å². The van der Waals surface area contributed by atoms with Crippen LogP contribution in [0.4, 0.5) is 5.69 Å². The first-order valence-electron chi connectivity index (χ1n) is 4.17. The number of hydrogen-bond donors (Lipinski definition) is 2. The van der Waals surface area contributed by atoms with Gasteiger partial charge in [-0.2, -0.15) is 0 Å². The average molecular weight is 211 g/mol. The van der Waals surface area contributed by atoms with Crippen molar-refractivity contribution in [2.45, 2.75) is 6.42 Å². The van der Waals surface area contributed by atoms with Crippen LogP contribution in [0.5, 0.6) is 0 Å². The van der Waals surface area contributed by atoms with Crippen molar-refractivity contribution in [1.82, 2.24) is 0 Å². The van der Waals surface area contributed by atoms with E-state index < -0.39 is 10.9 Å². The SMILES string of the molecule is O=C(O)c1ccc([N+](=O)[O-])cc1CCO. The maximum absolute atomic E-state index is 10.7. The third-order valence-corrected chi connectivity index (χ3v) is 1.91. The molecule has 1 aromatic carbocycles. The highest BCUT2D eigenvalue weighted by molar-refractivity contribution is 5.89. The number of benzene rings is 1. The highest BCUT2D eigenvalue weighted by atomic mass is 16.6. The van der Waals surface area contributed by atoms with Crippen molar-refractivity contribution in [3.8, 4) is 0 Å². The summed E-state index contributed by atoms with van der Waals surface area (Å²) in [5.41, 5.74) is 0.0669. The molecule has 0 spiro atoms. The molecule has 6 nitrogen and oxygen atoms in total. The van der Waals surface area contributed by atoms with Gasteiger partial charge >= 0.3 is 5.97 Å². The molecule has 0 radical (unpaired) electrons. The van der Waals surface area contributed by atoms with Gasteiger partial charge in [0.25, 0.3) is 5.69 Å². The zero-order chi connectivity index (χ0) is 11.4. The number of rotatable bonds is 4. The van der Waals surface area contributed by atoms with E-state index in [0.29, 0.717) is 0 Å². The van der Waals surface area contributed by atoms with E-state index in [4.69, 9.17) is 10.2 Å². The van der Waals surface area contributed by atoms with E-state index in [1.807, 2.05) is 0 Å². The molecule has 0 aromatic heterocycles. The number of nitro groups is 1. The molecule has 0 atom stereocenters. The minimum atomic E-state index is -1.16. The first kappa shape index (κ1) is 11.1. The summed E-state index contributed by atoms with van der Waals surface area (Å²) in [4.78, 5) is 20.6. The lowest BCUT2D eigenvalue weighted by Crippen LogP contribution is -2.05. The Kier molecular flexibility index (Phi) is 3.35. The summed E-state index contributed by atoms with van der Waals surface area (Å²) in [6.07, 6.45) is 0.0866. The number of carboxylic acids is 1. The van der Waals surface area contributed by atoms with E-state index in [9.17, 15) is 14.9 Å². The number of hydrogen-bond acceptors (Lipinski definition) is 4. The van der Waals surface area contributed by atoms with Crippen LogP contribution in [0.2, 0.25) is 0 Å². The average Bonchev–Trinajstić information content (AvgIpc) is 2.17. The molecule has 6 heteroatoms. The zero-order valence-corrected chi connectivity index (χ0v) is 7.71. The molecule has 0 heterocycles. The second-order valence-electron chi connectivity index (χ2n) is 2.88. The van der Waals surface area contributed by atoms with Crippen LogP contribution in [-0.2, 0) is 6.42 Å². The topological polar surface area (TPSA) is 101 Å². The van der Waals surface area contributed by atoms with Gasteiger partial charge in [-0.1, -0.05) is 0 Å². The molecule has 0 unspecified atom stereocenters. The van der Waals surface area contributed by atoms with Crippen LogP contribution in [0.3, 0.4) is 0 Å². The highest BCUT2D eigenvalue weighted by Gasteiger charge is 2.14. The third kappa shape index (κ3) is 2.50. The Labute approximate surface area is 84.9 Å². The first-order chi connectivity index (χ1) is 7.06. The Morgan fingerprint density at radius 3 is 2.60 bits per heavy atom. The molecule has 0 saturated carbocycles. The molecular formula is C9H9NO5. The van der Waals surface area contributed by atoms with Crippen LogP contribution < -0.4 is 0 Å². The van der Waals surface area contributed by atoms with E-state index >= 15 is 0 Å². The lowest BCUT2D eigenvalue weighted by atomic mass is 10.0. The van der Waals surface area contributed by atoms with Gasteiger partial charge in [0.1, 0.15) is 0 Å². The van der Waals surface area contributed by atoms with Crippen LogP contribution >= 0.6 is 0 Å². The standard InChI is InChI=1S/C9H9NO5/c11-4-3-6-5-7(10(14)15)1-2-8(6)9(12)13/h1-2,5,11H,3-4H2,(H,12,13). The first-order valence-corrected chi connectivity index (χ1v) is 4.17. The van der Waals surface area contributed by atoms with Crippen molar-refractivity contribution in [3.63, 3.8) is 0 Å². The lowest BCUT2D eigenvalue weighted by Gasteiger charge is -2.03. The Balaban J connectivity index is 3.20. The van der Waals surface area contributed by atoms with E-state index in [0.717, 1.165) is 6.07 Å². The fraction of sp³-hybridized carbons (Fsp3) is 0.222. The van der Waals surface area contributed by atoms with Crippen molar-refractivity contribution in [3.05, 3.63) is 39.4 Å². The largest absolute Gasteiger partial charge is 0.478 e. The summed E-state index contributed by atoms with van der Waals surface area (Å²) in [6, 6.07) is 3.47. The summed E-state index contributed by atoms with van der Waals surface area (Å²) >= 11 is 0. The van der Waals surface area contributed by atoms with Gasteiger partial charge in [-0.25, -0.2) is 4.79 Å². The van der Waals surface area contributed by atoms with Crippen LogP contribution in [0, 0.1) is 10.1 Å². The number of nitrogens with zero attached hydrogens (tertiary/aromatic N) is 1. The van der Waals surface area contributed by atoms with Gasteiger partial charge in [0.2, 0.25) is 0 Å². The molecule has 0 aliphatic heterocycles. The maximum Gasteiger partial charge on any atom is 0.335 e. The van der Waals surface area contributed by atoms with Gasteiger partial charge in [0.15, 0.2) is 0 Å². The molecule has 15 heavy (non-hydrogen) atoms. The second-order valence-corrected chi connectivity index (χ2v) is 2.88. The summed E-state index contributed by atoms with van der Waals surface area (Å²) in [5, 5.41) is 27.9. The number of carbonyl (C=O) groups is 1. The highest BCUT2D eigenvalue weighted by Crippen LogP contribution is 2.18. The molecule has 0 bridgehead atoms. The Morgan fingerprint density at radius 1 is 1.47 bits per heavy atom. The van der Waals surface area contributed by atoms with E-state index in [2.05, 4.69) is 0 Å². The quantitative estimate of drug-likeness (QED) is 0.567. The summed E-state index contributed by atoms with van der Waals surface area (Å²) in [7, 11) is 0. The van der Waals surface area contributed by atoms with Crippen molar-refractivity contribution in [2.24, 2.45) is 0 Å². The molecule has 2 N–H and O–H groups in total. The number of non-ortho nitro benzene ring substituents is 1. The predicted molar refractivity (Wildman–Crippen MR) is 50.8 cm³/mol. The number of nitro benzene ring substituents is 1. The van der Waals surface area contributed by atoms with Gasteiger partial charge in [-0.05, 0) is 18.1 Å². The van der Waals surface area contributed by atoms with Crippen molar-refractivity contribution < 1.29 is 19.9 Å². The van der Waals surface area contributed by atoms with Gasteiger partial charge in [0, 0.05) is 18.7 Å². The Hall–Kier alpha value is -1.95. The van der Waals surface area contributed by atoms with Crippen LogP contribution in [0.15, 0.2) is 18.2 Å². The van der Waals surface area contributed by atoms with Gasteiger partial charge in [-0.15, -0.1) is 0 Å². The number of aliphatic hydroxyl groups excluding tert-OH is 1. The summed E-state index contributed by atoms with van der Waals surface area (Å²) in [6.45, 7) is -0.249. The fourth-order valence-electron chi connectivity index (χ4n) is 1.23. The normalized spacial score (nSPS) is 9.93. The molecule has 80 valence electrons. The molecule has 0 fully saturated rings. The molecule has 0 saturated heterocycles. The fourth-order valence-corrected chi connectivity index (χ4v) is 1.23. The number of aromatic carboxylic acids is 1.